The third-order valence-corrected chi connectivity index (χ3v) is 2.71. The lowest BCUT2D eigenvalue weighted by Crippen LogP contribution is -2.14. The third kappa shape index (κ3) is 2.24. The second-order valence-electron chi connectivity index (χ2n) is 3.67. The highest BCUT2D eigenvalue weighted by atomic mass is 35.5. The van der Waals surface area contributed by atoms with Crippen LogP contribution in [0.5, 0.6) is 0 Å². The number of rotatable bonds is 1. The van der Waals surface area contributed by atoms with Gasteiger partial charge in [0.1, 0.15) is 0 Å². The second kappa shape index (κ2) is 5.18. The predicted octanol–water partition coefficient (Wildman–Crippen LogP) is 2.88. The van der Waals surface area contributed by atoms with Gasteiger partial charge in [-0.05, 0) is 13.0 Å². The summed E-state index contributed by atoms with van der Waals surface area (Å²) in [6.07, 6.45) is 0.359. The van der Waals surface area contributed by atoms with E-state index < -0.39 is 40.6 Å². The molecule has 0 aliphatic carbocycles. The van der Waals surface area contributed by atoms with Crippen molar-refractivity contribution in [3.63, 3.8) is 0 Å². The Morgan fingerprint density at radius 2 is 1.29 bits per heavy atom. The van der Waals surface area contributed by atoms with E-state index in [2.05, 4.69) is 5.32 Å². The smallest absolute Gasteiger partial charge is 0.200 e. The summed E-state index contributed by atoms with van der Waals surface area (Å²) in [5, 5.41) is 2.81. The molecule has 0 spiro atoms. The molecular formula is C10H9ClF5N. The third-order valence-electron chi connectivity index (χ3n) is 2.71. The minimum absolute atomic E-state index is 0. The Bertz CT molecular complexity index is 402. The fourth-order valence-corrected chi connectivity index (χ4v) is 1.88. The fourth-order valence-electron chi connectivity index (χ4n) is 1.88. The zero-order valence-electron chi connectivity index (χ0n) is 8.50. The van der Waals surface area contributed by atoms with E-state index in [4.69, 9.17) is 0 Å². The minimum Gasteiger partial charge on any atom is -0.316 e. The van der Waals surface area contributed by atoms with Gasteiger partial charge in [0.15, 0.2) is 23.3 Å². The van der Waals surface area contributed by atoms with Crippen molar-refractivity contribution in [3.05, 3.63) is 34.6 Å². The average Bonchev–Trinajstić information content (AvgIpc) is 2.77. The number of hydrogen-bond acceptors (Lipinski definition) is 1. The first kappa shape index (κ1) is 14.2. The number of benzene rings is 1. The zero-order chi connectivity index (χ0) is 11.9. The largest absolute Gasteiger partial charge is 0.316 e. The SMILES string of the molecule is Cl.Fc1c(F)c(F)c(C2CCNC2)c(F)c1F. The summed E-state index contributed by atoms with van der Waals surface area (Å²) in [6, 6.07) is 0. The molecule has 2 rings (SSSR count). The van der Waals surface area contributed by atoms with Gasteiger partial charge in [0.2, 0.25) is 5.82 Å². The highest BCUT2D eigenvalue weighted by molar-refractivity contribution is 5.85. The van der Waals surface area contributed by atoms with Gasteiger partial charge in [-0.2, -0.15) is 0 Å². The van der Waals surface area contributed by atoms with Crippen LogP contribution in [0.1, 0.15) is 17.9 Å². The van der Waals surface area contributed by atoms with Crippen LogP contribution in [-0.4, -0.2) is 13.1 Å². The van der Waals surface area contributed by atoms with Gasteiger partial charge in [-0.25, -0.2) is 22.0 Å². The van der Waals surface area contributed by atoms with Gasteiger partial charge >= 0.3 is 0 Å². The maximum absolute atomic E-state index is 13.3. The van der Waals surface area contributed by atoms with Gasteiger partial charge in [0.25, 0.3) is 0 Å². The van der Waals surface area contributed by atoms with Crippen LogP contribution in [0.3, 0.4) is 0 Å². The van der Waals surface area contributed by atoms with E-state index in [0.29, 0.717) is 13.0 Å². The van der Waals surface area contributed by atoms with Gasteiger partial charge in [-0.1, -0.05) is 0 Å². The number of nitrogens with one attached hydrogen (secondary N) is 1. The number of hydrogen-bond donors (Lipinski definition) is 1. The van der Waals surface area contributed by atoms with Crippen molar-refractivity contribution in [2.75, 3.05) is 13.1 Å². The molecule has 0 radical (unpaired) electrons. The van der Waals surface area contributed by atoms with Crippen molar-refractivity contribution in [2.24, 2.45) is 0 Å². The Morgan fingerprint density at radius 3 is 1.71 bits per heavy atom. The van der Waals surface area contributed by atoms with Crippen LogP contribution in [0.25, 0.3) is 0 Å². The normalized spacial score (nSPS) is 19.2. The van der Waals surface area contributed by atoms with Crippen LogP contribution in [0.4, 0.5) is 22.0 Å². The molecule has 1 unspecified atom stereocenters. The van der Waals surface area contributed by atoms with Gasteiger partial charge in [-0.15, -0.1) is 12.4 Å². The molecule has 1 aromatic carbocycles. The lowest BCUT2D eigenvalue weighted by Gasteiger charge is -2.12. The molecule has 0 aromatic heterocycles. The summed E-state index contributed by atoms with van der Waals surface area (Å²) in [4.78, 5) is 0. The summed E-state index contributed by atoms with van der Waals surface area (Å²) in [6.45, 7) is 0.725. The quantitative estimate of drug-likeness (QED) is 0.471. The van der Waals surface area contributed by atoms with Crippen LogP contribution in [0, 0.1) is 29.1 Å². The lowest BCUT2D eigenvalue weighted by molar-refractivity contribution is 0.365. The van der Waals surface area contributed by atoms with Gasteiger partial charge in [0.05, 0.1) is 0 Å². The Kier molecular flexibility index (Phi) is 4.32. The molecule has 96 valence electrons. The van der Waals surface area contributed by atoms with E-state index in [1.165, 1.54) is 0 Å². The molecule has 1 aliphatic heterocycles. The number of halogens is 6. The molecule has 7 heteroatoms. The van der Waals surface area contributed by atoms with Crippen molar-refractivity contribution in [2.45, 2.75) is 12.3 Å². The van der Waals surface area contributed by atoms with Gasteiger partial charge < -0.3 is 5.32 Å². The summed E-state index contributed by atoms with van der Waals surface area (Å²) in [7, 11) is 0. The molecule has 0 saturated carbocycles. The van der Waals surface area contributed by atoms with Crippen molar-refractivity contribution >= 4 is 12.4 Å². The van der Waals surface area contributed by atoms with Gasteiger partial charge in [-0.3, -0.25) is 0 Å². The van der Waals surface area contributed by atoms with Gasteiger partial charge in [0, 0.05) is 18.0 Å². The molecule has 1 saturated heterocycles. The summed E-state index contributed by atoms with van der Waals surface area (Å²) >= 11 is 0. The molecule has 1 aromatic rings. The lowest BCUT2D eigenvalue weighted by atomic mass is 9.96. The van der Waals surface area contributed by atoms with Crippen LogP contribution in [-0.2, 0) is 0 Å². The Morgan fingerprint density at radius 1 is 0.824 bits per heavy atom. The first-order valence-electron chi connectivity index (χ1n) is 4.76. The van der Waals surface area contributed by atoms with E-state index in [0.717, 1.165) is 0 Å². The highest BCUT2D eigenvalue weighted by Gasteiger charge is 2.31. The predicted molar refractivity (Wildman–Crippen MR) is 53.7 cm³/mol. The van der Waals surface area contributed by atoms with Crippen LogP contribution in [0.15, 0.2) is 0 Å². The second-order valence-corrected chi connectivity index (χ2v) is 3.67. The molecule has 1 heterocycles. The molecule has 0 amide bonds. The van der Waals surface area contributed by atoms with Crippen molar-refractivity contribution in [1.82, 2.24) is 5.32 Å². The molecule has 1 atom stereocenters. The maximum atomic E-state index is 13.3. The molecule has 1 fully saturated rings. The monoisotopic (exact) mass is 273 g/mol. The minimum atomic E-state index is -2.11. The summed E-state index contributed by atoms with van der Waals surface area (Å²) < 4.78 is 65.1. The van der Waals surface area contributed by atoms with E-state index in [1.807, 2.05) is 0 Å². The molecule has 17 heavy (non-hydrogen) atoms. The Balaban J connectivity index is 0.00000144. The van der Waals surface area contributed by atoms with Crippen molar-refractivity contribution in [1.29, 1.82) is 0 Å². The first-order chi connectivity index (χ1) is 7.54. The topological polar surface area (TPSA) is 12.0 Å². The Hall–Kier alpha value is -0.880. The first-order valence-corrected chi connectivity index (χ1v) is 4.76. The van der Waals surface area contributed by atoms with Crippen molar-refractivity contribution < 1.29 is 22.0 Å². The fraction of sp³-hybridized carbons (Fsp3) is 0.400. The molecule has 0 bridgehead atoms. The van der Waals surface area contributed by atoms with E-state index in [1.54, 1.807) is 0 Å². The summed E-state index contributed by atoms with van der Waals surface area (Å²) in [5.41, 5.74) is -0.707. The Labute approximate surface area is 100 Å². The average molecular weight is 274 g/mol. The molecule has 1 N–H and O–H groups in total. The summed E-state index contributed by atoms with van der Waals surface area (Å²) in [5.74, 6) is -9.95. The highest BCUT2D eigenvalue weighted by Crippen LogP contribution is 2.31. The molecule has 1 aliphatic rings. The van der Waals surface area contributed by atoms with E-state index in [9.17, 15) is 22.0 Å². The molecule has 1 nitrogen and oxygen atoms in total. The van der Waals surface area contributed by atoms with E-state index in [-0.39, 0.29) is 19.0 Å². The van der Waals surface area contributed by atoms with Crippen LogP contribution in [0.2, 0.25) is 0 Å². The van der Waals surface area contributed by atoms with Crippen LogP contribution >= 0.6 is 12.4 Å². The zero-order valence-corrected chi connectivity index (χ0v) is 9.31. The molecular weight excluding hydrogens is 265 g/mol. The van der Waals surface area contributed by atoms with E-state index >= 15 is 0 Å². The van der Waals surface area contributed by atoms with Crippen LogP contribution < -0.4 is 5.32 Å². The van der Waals surface area contributed by atoms with Crippen molar-refractivity contribution in [3.8, 4) is 0 Å². The standard InChI is InChI=1S/C10H8F5N.ClH/c11-6-5(4-1-2-16-3-4)7(12)9(14)10(15)8(6)13;/h4,16H,1-3H2;1H. The maximum Gasteiger partial charge on any atom is 0.200 e.